The second kappa shape index (κ2) is 6.71. The minimum atomic E-state index is -4.60. The van der Waals surface area contributed by atoms with E-state index in [2.05, 4.69) is 29.9 Å². The third-order valence-corrected chi connectivity index (χ3v) is 3.81. The number of hydrogen-bond acceptors (Lipinski definition) is 7. The molecule has 1 saturated heterocycles. The number of nitrogens with zero attached hydrogens (tertiary/aromatic N) is 5. The Kier molecular flexibility index (Phi) is 4.65. The van der Waals surface area contributed by atoms with Gasteiger partial charge in [-0.3, -0.25) is 4.90 Å². The summed E-state index contributed by atoms with van der Waals surface area (Å²) < 4.78 is 42.0. The van der Waals surface area contributed by atoms with Crippen molar-refractivity contribution < 1.29 is 17.6 Å². The fourth-order valence-corrected chi connectivity index (χ4v) is 2.60. The lowest BCUT2D eigenvalue weighted by molar-refractivity contribution is -0.157. The van der Waals surface area contributed by atoms with E-state index in [4.69, 9.17) is 0 Å². The zero-order valence-electron chi connectivity index (χ0n) is 13.0. The van der Waals surface area contributed by atoms with E-state index in [0.717, 1.165) is 37.4 Å². The van der Waals surface area contributed by atoms with Crippen LogP contribution in [0.4, 0.5) is 19.0 Å². The molecule has 0 atom stereocenters. The first-order chi connectivity index (χ1) is 11.4. The van der Waals surface area contributed by atoms with Crippen molar-refractivity contribution in [3.63, 3.8) is 0 Å². The predicted molar refractivity (Wildman–Crippen MR) is 78.0 cm³/mol. The number of likely N-dealkylation sites (tertiary alicyclic amines) is 1. The maximum atomic E-state index is 12.4. The molecule has 0 bridgehead atoms. The number of aryl methyl sites for hydroxylation is 1. The Morgan fingerprint density at radius 3 is 2.62 bits per heavy atom. The summed E-state index contributed by atoms with van der Waals surface area (Å²) in [6.07, 6.45) is -1.38. The highest BCUT2D eigenvalue weighted by Crippen LogP contribution is 2.28. The fourth-order valence-electron chi connectivity index (χ4n) is 2.60. The van der Waals surface area contributed by atoms with Crippen molar-refractivity contribution >= 4 is 5.82 Å². The van der Waals surface area contributed by atoms with Gasteiger partial charge in [0, 0.05) is 30.9 Å². The van der Waals surface area contributed by atoms with E-state index < -0.39 is 12.1 Å². The number of piperidine rings is 1. The maximum absolute atomic E-state index is 12.4. The van der Waals surface area contributed by atoms with Crippen molar-refractivity contribution in [2.75, 3.05) is 18.4 Å². The van der Waals surface area contributed by atoms with Gasteiger partial charge in [0.2, 0.25) is 5.89 Å². The van der Waals surface area contributed by atoms with Crippen LogP contribution in [0.25, 0.3) is 0 Å². The molecule has 0 saturated carbocycles. The third-order valence-electron chi connectivity index (χ3n) is 3.81. The summed E-state index contributed by atoms with van der Waals surface area (Å²) in [5.41, 5.74) is 0.891. The van der Waals surface area contributed by atoms with E-state index >= 15 is 0 Å². The minimum absolute atomic E-state index is 0.0137. The quantitative estimate of drug-likeness (QED) is 0.913. The molecule has 3 heterocycles. The van der Waals surface area contributed by atoms with Gasteiger partial charge < -0.3 is 9.73 Å². The average Bonchev–Trinajstić information content (AvgIpc) is 2.98. The normalized spacial score (nSPS) is 17.2. The Morgan fingerprint density at radius 2 is 2.00 bits per heavy atom. The average molecular weight is 342 g/mol. The molecule has 0 aromatic carbocycles. The lowest BCUT2D eigenvalue weighted by Gasteiger charge is -2.31. The van der Waals surface area contributed by atoms with E-state index in [-0.39, 0.29) is 18.5 Å². The number of anilines is 1. The lowest BCUT2D eigenvalue weighted by Crippen LogP contribution is -2.38. The van der Waals surface area contributed by atoms with Crippen molar-refractivity contribution in [3.8, 4) is 0 Å². The highest BCUT2D eigenvalue weighted by molar-refractivity contribution is 5.35. The van der Waals surface area contributed by atoms with E-state index in [9.17, 15) is 13.2 Å². The van der Waals surface area contributed by atoms with Crippen LogP contribution in [0.2, 0.25) is 0 Å². The van der Waals surface area contributed by atoms with Crippen LogP contribution in [0, 0.1) is 6.92 Å². The van der Waals surface area contributed by atoms with Crippen molar-refractivity contribution in [1.29, 1.82) is 0 Å². The number of aromatic nitrogens is 4. The molecule has 2 aromatic heterocycles. The highest BCUT2D eigenvalue weighted by atomic mass is 19.4. The zero-order valence-corrected chi connectivity index (χ0v) is 13.0. The Bertz CT molecular complexity index is 681. The van der Waals surface area contributed by atoms with Crippen LogP contribution in [0.1, 0.15) is 30.3 Å². The Balaban J connectivity index is 1.49. The SMILES string of the molecule is Cc1cc(NC2CCN(Cc3nnc(C(F)(F)F)o3)CC2)ncn1. The van der Waals surface area contributed by atoms with Gasteiger partial charge in [0.25, 0.3) is 0 Å². The lowest BCUT2D eigenvalue weighted by atomic mass is 10.1. The topological polar surface area (TPSA) is 80.0 Å². The first-order valence-electron chi connectivity index (χ1n) is 7.57. The second-order valence-electron chi connectivity index (χ2n) is 5.74. The fraction of sp³-hybridized carbons (Fsp3) is 0.571. The van der Waals surface area contributed by atoms with Crippen molar-refractivity contribution in [3.05, 3.63) is 29.9 Å². The van der Waals surface area contributed by atoms with Gasteiger partial charge in [-0.05, 0) is 19.8 Å². The molecular weight excluding hydrogens is 325 g/mol. The van der Waals surface area contributed by atoms with Gasteiger partial charge in [0.05, 0.1) is 6.54 Å². The molecule has 7 nitrogen and oxygen atoms in total. The molecular formula is C14H17F3N6O. The van der Waals surface area contributed by atoms with Gasteiger partial charge >= 0.3 is 12.1 Å². The molecule has 0 radical (unpaired) electrons. The van der Waals surface area contributed by atoms with E-state index in [0.29, 0.717) is 0 Å². The number of alkyl halides is 3. The molecule has 1 N–H and O–H groups in total. The Labute approximate surface area is 136 Å². The summed E-state index contributed by atoms with van der Waals surface area (Å²) in [5.74, 6) is -0.527. The summed E-state index contributed by atoms with van der Waals surface area (Å²) in [6.45, 7) is 3.58. The second-order valence-corrected chi connectivity index (χ2v) is 5.74. The van der Waals surface area contributed by atoms with Gasteiger partial charge in [0.1, 0.15) is 12.1 Å². The first kappa shape index (κ1) is 16.6. The van der Waals surface area contributed by atoms with Crippen LogP contribution in [-0.2, 0) is 12.7 Å². The molecule has 130 valence electrons. The summed E-state index contributed by atoms with van der Waals surface area (Å²) in [7, 11) is 0. The van der Waals surface area contributed by atoms with Gasteiger partial charge in [-0.15, -0.1) is 10.2 Å². The van der Waals surface area contributed by atoms with Gasteiger partial charge in [-0.1, -0.05) is 0 Å². The molecule has 0 spiro atoms. The van der Waals surface area contributed by atoms with Crippen LogP contribution in [0.3, 0.4) is 0 Å². The number of nitrogens with one attached hydrogen (secondary N) is 1. The third kappa shape index (κ3) is 4.19. The Morgan fingerprint density at radius 1 is 1.25 bits per heavy atom. The summed E-state index contributed by atoms with van der Waals surface area (Å²) in [4.78, 5) is 10.2. The molecule has 1 fully saturated rings. The molecule has 24 heavy (non-hydrogen) atoms. The molecule has 10 heteroatoms. The smallest absolute Gasteiger partial charge is 0.416 e. The largest absolute Gasteiger partial charge is 0.470 e. The summed E-state index contributed by atoms with van der Waals surface area (Å²) in [6, 6.07) is 2.15. The van der Waals surface area contributed by atoms with Crippen LogP contribution in [-0.4, -0.2) is 44.2 Å². The monoisotopic (exact) mass is 342 g/mol. The molecule has 2 aromatic rings. The molecule has 0 unspecified atom stereocenters. The van der Waals surface area contributed by atoms with E-state index in [1.807, 2.05) is 17.9 Å². The van der Waals surface area contributed by atoms with Crippen molar-refractivity contribution in [2.24, 2.45) is 0 Å². The van der Waals surface area contributed by atoms with Crippen molar-refractivity contribution in [2.45, 2.75) is 38.5 Å². The van der Waals surface area contributed by atoms with Crippen LogP contribution in [0.5, 0.6) is 0 Å². The molecule has 0 aliphatic carbocycles. The van der Waals surface area contributed by atoms with Gasteiger partial charge in [0.15, 0.2) is 0 Å². The number of rotatable bonds is 4. The van der Waals surface area contributed by atoms with Crippen LogP contribution < -0.4 is 5.32 Å². The summed E-state index contributed by atoms with van der Waals surface area (Å²) >= 11 is 0. The maximum Gasteiger partial charge on any atom is 0.470 e. The zero-order chi connectivity index (χ0) is 17.2. The first-order valence-corrected chi connectivity index (χ1v) is 7.57. The molecule has 3 rings (SSSR count). The number of hydrogen-bond donors (Lipinski definition) is 1. The number of halogens is 3. The van der Waals surface area contributed by atoms with Crippen LogP contribution >= 0.6 is 0 Å². The standard InChI is InChI=1S/C14H17F3N6O/c1-9-6-11(19-8-18-9)20-10-2-4-23(5-3-10)7-12-21-22-13(24-12)14(15,16)17/h6,8,10H,2-5,7H2,1H3,(H,18,19,20). The summed E-state index contributed by atoms with van der Waals surface area (Å²) in [5, 5.41) is 9.85. The van der Waals surface area contributed by atoms with Gasteiger partial charge in [-0.25, -0.2) is 9.97 Å². The molecule has 1 aliphatic heterocycles. The Hall–Kier alpha value is -2.23. The highest BCUT2D eigenvalue weighted by Gasteiger charge is 2.38. The van der Waals surface area contributed by atoms with E-state index in [1.165, 1.54) is 6.33 Å². The minimum Gasteiger partial charge on any atom is -0.416 e. The molecule has 1 aliphatic rings. The predicted octanol–water partition coefficient (Wildman–Crippen LogP) is 2.26. The van der Waals surface area contributed by atoms with Crippen molar-refractivity contribution in [1.82, 2.24) is 25.1 Å². The van der Waals surface area contributed by atoms with Gasteiger partial charge in [-0.2, -0.15) is 13.2 Å². The molecule has 0 amide bonds. The van der Waals surface area contributed by atoms with Crippen LogP contribution in [0.15, 0.2) is 16.8 Å². The van der Waals surface area contributed by atoms with E-state index in [1.54, 1.807) is 0 Å².